The predicted molar refractivity (Wildman–Crippen MR) is 237 cm³/mol. The summed E-state index contributed by atoms with van der Waals surface area (Å²) < 4.78 is 28.9. The zero-order valence-corrected chi connectivity index (χ0v) is 36.0. The maximum atomic E-state index is 13.4. The number of allylic oxidation sites excluding steroid dienone is 1. The third kappa shape index (κ3) is 11.7. The van der Waals surface area contributed by atoms with Crippen LogP contribution < -0.4 is 14.9 Å². The number of nitrogens with zero attached hydrogens (tertiary/aromatic N) is 4. The first-order valence-electron chi connectivity index (χ1n) is 19.7. The van der Waals surface area contributed by atoms with Crippen molar-refractivity contribution in [2.24, 2.45) is 5.41 Å². The minimum absolute atomic E-state index is 0.139. The van der Waals surface area contributed by atoms with E-state index in [4.69, 9.17) is 11.6 Å². The Morgan fingerprint density at radius 1 is 1.00 bits per heavy atom. The number of benzene rings is 4. The van der Waals surface area contributed by atoms with Gasteiger partial charge in [0.2, 0.25) is 0 Å². The van der Waals surface area contributed by atoms with E-state index in [1.807, 2.05) is 68.4 Å². The summed E-state index contributed by atoms with van der Waals surface area (Å²) in [6.07, 6.45) is 4.17. The van der Waals surface area contributed by atoms with Crippen LogP contribution in [0.4, 0.5) is 17.1 Å². The van der Waals surface area contributed by atoms with E-state index in [2.05, 4.69) is 32.0 Å². The molecule has 12 nitrogen and oxygen atoms in total. The second-order valence-electron chi connectivity index (χ2n) is 15.8. The monoisotopic (exact) mass is 858 g/mol. The van der Waals surface area contributed by atoms with Gasteiger partial charge in [0.15, 0.2) is 0 Å². The average Bonchev–Trinajstić information content (AvgIpc) is 3.23. The highest BCUT2D eigenvalue weighted by molar-refractivity contribution is 7.99. The third-order valence-electron chi connectivity index (χ3n) is 10.9. The number of carbonyl (C=O) groups is 2. The van der Waals surface area contributed by atoms with E-state index >= 15 is 0 Å². The number of aldehydes is 1. The lowest BCUT2D eigenvalue weighted by Crippen LogP contribution is -2.47. The number of hydrogen-bond donors (Lipinski definition) is 2. The summed E-state index contributed by atoms with van der Waals surface area (Å²) in [4.78, 5) is 44.2. The molecule has 4 aromatic rings. The first-order valence-corrected chi connectivity index (χ1v) is 22.5. The van der Waals surface area contributed by atoms with Crippen LogP contribution in [0, 0.1) is 15.5 Å². The van der Waals surface area contributed by atoms with Crippen LogP contribution in [0.1, 0.15) is 48.5 Å². The van der Waals surface area contributed by atoms with Gasteiger partial charge in [-0.15, -0.1) is 11.8 Å². The molecule has 1 saturated heterocycles. The molecule has 2 N–H and O–H groups in total. The van der Waals surface area contributed by atoms with Crippen LogP contribution >= 0.6 is 23.4 Å². The number of nitro benzene ring substituents is 1. The molecule has 312 valence electrons. The number of nitro groups is 1. The molecule has 59 heavy (non-hydrogen) atoms. The number of anilines is 2. The van der Waals surface area contributed by atoms with Gasteiger partial charge >= 0.3 is 0 Å². The summed E-state index contributed by atoms with van der Waals surface area (Å²) in [6.45, 7) is 6.66. The molecule has 2 atom stereocenters. The van der Waals surface area contributed by atoms with Gasteiger partial charge in [-0.2, -0.15) is 0 Å². The van der Waals surface area contributed by atoms with Gasteiger partial charge in [0.05, 0.1) is 9.82 Å². The standard InChI is InChI=1S/C44H51ClN6O6S2/c1-44(31-52)21-19-40(32-9-13-35(45)14-10-32)34(28-44)29-49-23-25-50(26-24-49)37-15-11-33(12-16-37)43(53)47-59(56,57)39-17-18-41(42(27-39)51(54)55)46-36(20-22-48(2)3)30-58-38-7-5-4-6-8-38/h4-18,27,31,36,46H,19-26,28-30H2,1-3H3,(H,47,53). The maximum absolute atomic E-state index is 13.4. The van der Waals surface area contributed by atoms with Crippen molar-refractivity contribution in [2.45, 2.75) is 48.4 Å². The SMILES string of the molecule is CN(C)CCC(CSc1ccccc1)Nc1ccc(S(=O)(=O)NC(=O)c2ccc(N3CCN(CC4=C(c5ccc(Cl)cc5)CCC(C)(C=O)C4)CC3)cc2)cc1[N+](=O)[O-]. The van der Waals surface area contributed by atoms with Crippen LogP contribution in [0.25, 0.3) is 5.57 Å². The number of thioether (sulfide) groups is 1. The number of sulfonamides is 1. The molecule has 0 saturated carbocycles. The fraction of sp³-hybridized carbons (Fsp3) is 0.364. The van der Waals surface area contributed by atoms with Crippen molar-refractivity contribution in [1.82, 2.24) is 14.5 Å². The van der Waals surface area contributed by atoms with Crippen molar-refractivity contribution in [3.05, 3.63) is 129 Å². The number of carbonyl (C=O) groups excluding carboxylic acids is 2. The molecule has 1 aliphatic carbocycles. The summed E-state index contributed by atoms with van der Waals surface area (Å²) in [5, 5.41) is 16.2. The van der Waals surface area contributed by atoms with Gasteiger partial charge in [0, 0.05) is 77.2 Å². The molecule has 0 aromatic heterocycles. The van der Waals surface area contributed by atoms with E-state index in [9.17, 15) is 28.1 Å². The highest BCUT2D eigenvalue weighted by atomic mass is 35.5. The Bertz CT molecular complexity index is 2250. The molecule has 1 amide bonds. The summed E-state index contributed by atoms with van der Waals surface area (Å²) in [6, 6.07) is 28.0. The summed E-state index contributed by atoms with van der Waals surface area (Å²) >= 11 is 7.80. The minimum atomic E-state index is -4.45. The fourth-order valence-electron chi connectivity index (χ4n) is 7.52. The first kappa shape index (κ1) is 43.8. The van der Waals surface area contributed by atoms with Crippen LogP contribution in [-0.4, -0.2) is 100 Å². The number of piperazine rings is 1. The van der Waals surface area contributed by atoms with Gasteiger partial charge < -0.3 is 19.9 Å². The van der Waals surface area contributed by atoms with Gasteiger partial charge in [0.1, 0.15) is 12.0 Å². The molecule has 0 radical (unpaired) electrons. The lowest BCUT2D eigenvalue weighted by atomic mass is 9.72. The van der Waals surface area contributed by atoms with E-state index in [0.29, 0.717) is 17.2 Å². The summed E-state index contributed by atoms with van der Waals surface area (Å²) in [7, 11) is -0.535. The van der Waals surface area contributed by atoms with E-state index in [0.717, 1.165) is 87.0 Å². The van der Waals surface area contributed by atoms with Crippen LogP contribution in [0.15, 0.2) is 112 Å². The second kappa shape index (κ2) is 19.6. The summed E-state index contributed by atoms with van der Waals surface area (Å²) in [5.41, 5.74) is 4.19. The van der Waals surface area contributed by atoms with Crippen molar-refractivity contribution < 1.29 is 22.9 Å². The Kier molecular flexibility index (Phi) is 14.5. The van der Waals surface area contributed by atoms with E-state index < -0.39 is 26.5 Å². The average molecular weight is 860 g/mol. The van der Waals surface area contributed by atoms with Crippen molar-refractivity contribution in [3.8, 4) is 0 Å². The highest BCUT2D eigenvalue weighted by Crippen LogP contribution is 2.42. The Hall–Kier alpha value is -4.73. The van der Waals surface area contributed by atoms with Gasteiger partial charge in [0.25, 0.3) is 21.6 Å². The van der Waals surface area contributed by atoms with Crippen LogP contribution in [0.3, 0.4) is 0 Å². The largest absolute Gasteiger partial charge is 0.376 e. The first-order chi connectivity index (χ1) is 28.2. The normalized spacial score (nSPS) is 18.1. The molecule has 2 unspecified atom stereocenters. The lowest BCUT2D eigenvalue weighted by molar-refractivity contribution is -0.384. The summed E-state index contributed by atoms with van der Waals surface area (Å²) in [5.74, 6) is -0.207. The Labute approximate surface area is 356 Å². The molecule has 15 heteroatoms. The number of rotatable bonds is 17. The van der Waals surface area contributed by atoms with Gasteiger partial charge in [-0.25, -0.2) is 13.1 Å². The predicted octanol–water partition coefficient (Wildman–Crippen LogP) is 7.86. The fourth-order valence-corrected chi connectivity index (χ4v) is 9.63. The van der Waals surface area contributed by atoms with E-state index in [-0.39, 0.29) is 27.6 Å². The molecular weight excluding hydrogens is 808 g/mol. The number of amides is 1. The Morgan fingerprint density at radius 2 is 1.69 bits per heavy atom. The smallest absolute Gasteiger partial charge is 0.293 e. The zero-order valence-electron chi connectivity index (χ0n) is 33.6. The molecule has 1 heterocycles. The van der Waals surface area contributed by atoms with Gasteiger partial charge in [-0.3, -0.25) is 19.8 Å². The molecule has 4 aromatic carbocycles. The van der Waals surface area contributed by atoms with Crippen LogP contribution in [0.2, 0.25) is 5.02 Å². The Balaban J connectivity index is 1.07. The van der Waals surface area contributed by atoms with Crippen molar-refractivity contribution in [2.75, 3.05) is 69.3 Å². The third-order valence-corrected chi connectivity index (χ3v) is 13.7. The minimum Gasteiger partial charge on any atom is -0.376 e. The maximum Gasteiger partial charge on any atom is 0.293 e. The van der Waals surface area contributed by atoms with Crippen LogP contribution in [-0.2, 0) is 14.8 Å². The highest BCUT2D eigenvalue weighted by Gasteiger charge is 2.33. The number of hydrogen-bond acceptors (Lipinski definition) is 11. The molecular formula is C44H51ClN6O6S2. The van der Waals surface area contributed by atoms with E-state index in [1.165, 1.54) is 23.3 Å². The lowest BCUT2D eigenvalue weighted by Gasteiger charge is -2.39. The molecule has 2 aliphatic rings. The van der Waals surface area contributed by atoms with E-state index in [1.54, 1.807) is 36.0 Å². The number of nitrogens with one attached hydrogen (secondary N) is 2. The Morgan fingerprint density at radius 3 is 2.34 bits per heavy atom. The molecule has 1 aliphatic heterocycles. The molecule has 0 bridgehead atoms. The second-order valence-corrected chi connectivity index (χ2v) is 19.0. The van der Waals surface area contributed by atoms with Gasteiger partial charge in [-0.05, 0) is 118 Å². The van der Waals surface area contributed by atoms with Crippen molar-refractivity contribution in [3.63, 3.8) is 0 Å². The zero-order chi connectivity index (χ0) is 42.2. The van der Waals surface area contributed by atoms with Crippen molar-refractivity contribution in [1.29, 1.82) is 0 Å². The topological polar surface area (TPSA) is 145 Å². The van der Waals surface area contributed by atoms with Crippen molar-refractivity contribution >= 4 is 68.2 Å². The quantitative estimate of drug-likeness (QED) is 0.0464. The molecule has 1 fully saturated rings. The molecule has 0 spiro atoms. The molecule has 6 rings (SSSR count). The van der Waals surface area contributed by atoms with Gasteiger partial charge in [-0.1, -0.05) is 54.4 Å². The van der Waals surface area contributed by atoms with Crippen LogP contribution in [0.5, 0.6) is 0 Å². The number of halogens is 1.